The summed E-state index contributed by atoms with van der Waals surface area (Å²) in [6, 6.07) is 17.7. The molecule has 0 bridgehead atoms. The summed E-state index contributed by atoms with van der Waals surface area (Å²) in [5, 5.41) is 0. The van der Waals surface area contributed by atoms with Gasteiger partial charge in [0.1, 0.15) is 11.6 Å². The highest BCUT2D eigenvalue weighted by atomic mass is 31.2. The molecule has 4 nitrogen and oxygen atoms in total. The highest BCUT2D eigenvalue weighted by Crippen LogP contribution is 2.61. The van der Waals surface area contributed by atoms with E-state index in [2.05, 4.69) is 0 Å². The van der Waals surface area contributed by atoms with Gasteiger partial charge in [-0.3, -0.25) is 4.57 Å². The normalized spacial score (nSPS) is 17.4. The van der Waals surface area contributed by atoms with Crippen LogP contribution in [0.2, 0.25) is 0 Å². The van der Waals surface area contributed by atoms with Crippen LogP contribution in [0.25, 0.3) is 0 Å². The molecule has 5 heteroatoms. The highest BCUT2D eigenvalue weighted by Gasteiger charge is 2.36. The van der Waals surface area contributed by atoms with Gasteiger partial charge in [-0.1, -0.05) is 60.7 Å². The Kier molecular flexibility index (Phi) is 4.17. The topological polar surface area (TPSA) is 89.3 Å². The number of benzene rings is 2. The van der Waals surface area contributed by atoms with E-state index in [4.69, 9.17) is 11.5 Å². The van der Waals surface area contributed by atoms with Gasteiger partial charge in [-0.2, -0.15) is 0 Å². The van der Waals surface area contributed by atoms with Crippen molar-refractivity contribution >= 4 is 7.37 Å². The van der Waals surface area contributed by atoms with Crippen LogP contribution in [0.1, 0.15) is 22.7 Å². The second kappa shape index (κ2) is 5.68. The summed E-state index contributed by atoms with van der Waals surface area (Å²) < 4.78 is 12.5. The molecule has 0 saturated heterocycles. The molecular formula is C14H17N2O2P. The lowest BCUT2D eigenvalue weighted by Gasteiger charge is -2.25. The Bertz CT molecular complexity index is 525. The predicted molar refractivity (Wildman–Crippen MR) is 76.6 cm³/mol. The van der Waals surface area contributed by atoms with Crippen LogP contribution >= 0.6 is 7.37 Å². The predicted octanol–water partition coefficient (Wildman–Crippen LogP) is 2.57. The fourth-order valence-corrected chi connectivity index (χ4v) is 3.45. The minimum atomic E-state index is -3.76. The Morgan fingerprint density at radius 3 is 1.42 bits per heavy atom. The van der Waals surface area contributed by atoms with Crippen molar-refractivity contribution in [3.63, 3.8) is 0 Å². The lowest BCUT2D eigenvalue weighted by atomic mass is 10.2. The van der Waals surface area contributed by atoms with E-state index in [0.717, 1.165) is 0 Å². The summed E-state index contributed by atoms with van der Waals surface area (Å²) in [5.41, 5.74) is 13.1. The van der Waals surface area contributed by atoms with Gasteiger partial charge in [-0.15, -0.1) is 0 Å². The molecule has 19 heavy (non-hydrogen) atoms. The Balaban J connectivity index is 2.30. The molecule has 0 aliphatic carbocycles. The standard InChI is InChI=1S/C14H17N2O2P/c15-13(11-7-3-1-4-8-11)19(17,18)14(16)12-9-5-2-6-10-12/h1-10,13-14H,15-16H2,(H,17,18)/t13-,14+. The Hall–Kier alpha value is -1.45. The van der Waals surface area contributed by atoms with Gasteiger partial charge in [0, 0.05) is 0 Å². The van der Waals surface area contributed by atoms with Crippen LogP contribution in [0.4, 0.5) is 0 Å². The molecule has 1 unspecified atom stereocenters. The highest BCUT2D eigenvalue weighted by molar-refractivity contribution is 7.58. The summed E-state index contributed by atoms with van der Waals surface area (Å²) in [5.74, 6) is -1.96. The largest absolute Gasteiger partial charge is 0.342 e. The number of nitrogens with two attached hydrogens (primary N) is 2. The molecule has 0 aliphatic rings. The third-order valence-corrected chi connectivity index (χ3v) is 5.27. The molecule has 0 saturated carbocycles. The fraction of sp³-hybridized carbons (Fsp3) is 0.143. The van der Waals surface area contributed by atoms with Gasteiger partial charge >= 0.3 is 0 Å². The molecule has 2 rings (SSSR count). The first kappa shape index (κ1) is 14.0. The van der Waals surface area contributed by atoms with Crippen LogP contribution in [0, 0.1) is 0 Å². The molecule has 0 spiro atoms. The Morgan fingerprint density at radius 1 is 0.789 bits per heavy atom. The first-order chi connectivity index (χ1) is 9.03. The Morgan fingerprint density at radius 2 is 1.11 bits per heavy atom. The summed E-state index contributed by atoms with van der Waals surface area (Å²) in [4.78, 5) is 10.3. The first-order valence-corrected chi connectivity index (χ1v) is 7.76. The van der Waals surface area contributed by atoms with Crippen molar-refractivity contribution in [3.05, 3.63) is 71.8 Å². The zero-order chi connectivity index (χ0) is 13.9. The number of rotatable bonds is 4. The average molecular weight is 276 g/mol. The van der Waals surface area contributed by atoms with Gasteiger partial charge in [-0.05, 0) is 11.1 Å². The minimum Gasteiger partial charge on any atom is -0.342 e. The Labute approximate surface area is 112 Å². The summed E-state index contributed by atoms with van der Waals surface area (Å²) >= 11 is 0. The zero-order valence-electron chi connectivity index (χ0n) is 10.4. The molecule has 2 aromatic carbocycles. The molecule has 3 atom stereocenters. The second-order valence-corrected chi connectivity index (χ2v) is 6.84. The molecule has 100 valence electrons. The van der Waals surface area contributed by atoms with Gasteiger partial charge in [0.15, 0.2) is 0 Å². The maximum atomic E-state index is 12.5. The molecule has 0 aliphatic heterocycles. The van der Waals surface area contributed by atoms with Crippen molar-refractivity contribution in [2.24, 2.45) is 11.5 Å². The molecule has 2 aromatic rings. The molecule has 0 amide bonds. The molecule has 0 aromatic heterocycles. The quantitative estimate of drug-likeness (QED) is 0.749. The van der Waals surface area contributed by atoms with Crippen molar-refractivity contribution in [1.29, 1.82) is 0 Å². The molecule has 5 N–H and O–H groups in total. The monoisotopic (exact) mass is 276 g/mol. The fourth-order valence-electron chi connectivity index (χ4n) is 1.90. The van der Waals surface area contributed by atoms with E-state index in [9.17, 15) is 9.46 Å². The van der Waals surface area contributed by atoms with E-state index in [1.54, 1.807) is 48.5 Å². The van der Waals surface area contributed by atoms with E-state index in [0.29, 0.717) is 11.1 Å². The van der Waals surface area contributed by atoms with Crippen molar-refractivity contribution in [1.82, 2.24) is 0 Å². The third kappa shape index (κ3) is 2.94. The lowest BCUT2D eigenvalue weighted by molar-refractivity contribution is 0.451. The molecule has 0 radical (unpaired) electrons. The summed E-state index contributed by atoms with van der Waals surface area (Å²) in [6.07, 6.45) is 0. The van der Waals surface area contributed by atoms with Gasteiger partial charge in [0.2, 0.25) is 7.37 Å². The van der Waals surface area contributed by atoms with Crippen molar-refractivity contribution in [2.45, 2.75) is 11.6 Å². The molecule has 0 fully saturated rings. The van der Waals surface area contributed by atoms with E-state index in [1.807, 2.05) is 12.1 Å². The van der Waals surface area contributed by atoms with Gasteiger partial charge < -0.3 is 16.4 Å². The van der Waals surface area contributed by atoms with E-state index >= 15 is 0 Å². The SMILES string of the molecule is N[C@H](c1ccccc1)P(=O)(O)[C@@H](N)c1ccccc1. The second-order valence-electron chi connectivity index (χ2n) is 4.38. The summed E-state index contributed by atoms with van der Waals surface area (Å²) in [7, 11) is -3.76. The van der Waals surface area contributed by atoms with Gasteiger partial charge in [0.05, 0.1) is 0 Å². The number of hydrogen-bond donors (Lipinski definition) is 3. The minimum absolute atomic E-state index is 0.611. The van der Waals surface area contributed by atoms with Crippen molar-refractivity contribution in [2.75, 3.05) is 0 Å². The maximum absolute atomic E-state index is 12.5. The van der Waals surface area contributed by atoms with Crippen molar-refractivity contribution < 1.29 is 9.46 Å². The average Bonchev–Trinajstić information content (AvgIpc) is 2.47. The van der Waals surface area contributed by atoms with Crippen LogP contribution in [0.3, 0.4) is 0 Å². The van der Waals surface area contributed by atoms with Crippen molar-refractivity contribution in [3.8, 4) is 0 Å². The van der Waals surface area contributed by atoms with Crippen LogP contribution in [0.5, 0.6) is 0 Å². The van der Waals surface area contributed by atoms with Crippen LogP contribution in [-0.2, 0) is 4.57 Å². The number of hydrogen-bond acceptors (Lipinski definition) is 3. The summed E-state index contributed by atoms with van der Waals surface area (Å²) in [6.45, 7) is 0. The zero-order valence-corrected chi connectivity index (χ0v) is 11.3. The van der Waals surface area contributed by atoms with Crippen LogP contribution in [-0.4, -0.2) is 4.89 Å². The molecule has 0 heterocycles. The van der Waals surface area contributed by atoms with E-state index in [1.165, 1.54) is 0 Å². The lowest BCUT2D eigenvalue weighted by Crippen LogP contribution is -2.20. The first-order valence-electron chi connectivity index (χ1n) is 5.96. The van der Waals surface area contributed by atoms with Gasteiger partial charge in [-0.25, -0.2) is 0 Å². The maximum Gasteiger partial charge on any atom is 0.241 e. The van der Waals surface area contributed by atoms with Gasteiger partial charge in [0.25, 0.3) is 0 Å². The van der Waals surface area contributed by atoms with Crippen LogP contribution in [0.15, 0.2) is 60.7 Å². The molecular weight excluding hydrogens is 259 g/mol. The third-order valence-electron chi connectivity index (χ3n) is 3.08. The van der Waals surface area contributed by atoms with E-state index < -0.39 is 18.9 Å². The van der Waals surface area contributed by atoms with E-state index in [-0.39, 0.29) is 0 Å². The smallest absolute Gasteiger partial charge is 0.241 e. The van der Waals surface area contributed by atoms with Crippen LogP contribution < -0.4 is 11.5 Å².